The highest BCUT2D eigenvalue weighted by Crippen LogP contribution is 2.30. The Labute approximate surface area is 218 Å². The fourth-order valence-electron chi connectivity index (χ4n) is 4.90. The maximum atomic E-state index is 13.6. The number of imidazole rings is 1. The largest absolute Gasteiger partial charge is 0.333 e. The highest BCUT2D eigenvalue weighted by molar-refractivity contribution is 6.16. The van der Waals surface area contributed by atoms with E-state index in [1.165, 1.54) is 12.1 Å². The van der Waals surface area contributed by atoms with E-state index in [0.29, 0.717) is 17.7 Å². The molecule has 0 N–H and O–H groups in total. The van der Waals surface area contributed by atoms with E-state index in [-0.39, 0.29) is 18.1 Å². The molecule has 0 spiro atoms. The number of carbonyl (C=O) groups excluding carboxylic acids is 1. The zero-order valence-electron chi connectivity index (χ0n) is 20.6. The molecule has 0 bridgehead atoms. The van der Waals surface area contributed by atoms with Crippen molar-refractivity contribution in [2.75, 3.05) is 0 Å². The van der Waals surface area contributed by atoms with Gasteiger partial charge < -0.3 is 9.13 Å². The Morgan fingerprint density at radius 1 is 0.974 bits per heavy atom. The van der Waals surface area contributed by atoms with Gasteiger partial charge in [0.2, 0.25) is 0 Å². The standard InChI is InChI=1S/C31H22FN5O/c1-20-35-28-17-34-14-12-29(28)37(20)18-21-2-4-23(5-3-21)31(38)27-19-36(15-13-33)30-16-24(8-11-26(27)30)22-6-9-25(32)10-7-22/h2-12,14,16-17,19H,15,18H2,1H3. The van der Waals surface area contributed by atoms with Gasteiger partial charge in [-0.1, -0.05) is 48.5 Å². The third-order valence-corrected chi connectivity index (χ3v) is 6.84. The number of rotatable bonds is 6. The number of nitriles is 1. The van der Waals surface area contributed by atoms with Crippen molar-refractivity contribution in [3.63, 3.8) is 0 Å². The maximum absolute atomic E-state index is 13.6. The highest BCUT2D eigenvalue weighted by Gasteiger charge is 2.18. The van der Waals surface area contributed by atoms with Crippen molar-refractivity contribution in [3.05, 3.63) is 120 Å². The van der Waals surface area contributed by atoms with E-state index in [0.717, 1.165) is 44.5 Å². The average molecular weight is 500 g/mol. The molecule has 0 fully saturated rings. The van der Waals surface area contributed by atoms with Crippen LogP contribution < -0.4 is 0 Å². The predicted octanol–water partition coefficient (Wildman–Crippen LogP) is 6.30. The molecule has 6 nitrogen and oxygen atoms in total. The summed E-state index contributed by atoms with van der Waals surface area (Å²) >= 11 is 0. The molecule has 7 heteroatoms. The van der Waals surface area contributed by atoms with Gasteiger partial charge in [0.1, 0.15) is 23.7 Å². The lowest BCUT2D eigenvalue weighted by molar-refractivity contribution is 0.104. The van der Waals surface area contributed by atoms with Crippen molar-refractivity contribution < 1.29 is 9.18 Å². The van der Waals surface area contributed by atoms with E-state index >= 15 is 0 Å². The van der Waals surface area contributed by atoms with E-state index in [1.807, 2.05) is 55.5 Å². The van der Waals surface area contributed by atoms with E-state index in [9.17, 15) is 14.4 Å². The number of aromatic nitrogens is 4. The lowest BCUT2D eigenvalue weighted by atomic mass is 9.99. The zero-order valence-corrected chi connectivity index (χ0v) is 20.6. The van der Waals surface area contributed by atoms with Crippen LogP contribution in [0.15, 0.2) is 91.4 Å². The van der Waals surface area contributed by atoms with Gasteiger partial charge in [-0.3, -0.25) is 9.78 Å². The molecular formula is C31H22FN5O. The van der Waals surface area contributed by atoms with Crippen LogP contribution in [0.1, 0.15) is 27.3 Å². The molecule has 0 aliphatic heterocycles. The second-order valence-corrected chi connectivity index (χ2v) is 9.20. The Hall–Kier alpha value is -5.09. The molecule has 184 valence electrons. The predicted molar refractivity (Wildman–Crippen MR) is 144 cm³/mol. The van der Waals surface area contributed by atoms with Crippen LogP contribution in [0.2, 0.25) is 0 Å². The molecule has 3 heterocycles. The highest BCUT2D eigenvalue weighted by atomic mass is 19.1. The van der Waals surface area contributed by atoms with E-state index < -0.39 is 0 Å². The summed E-state index contributed by atoms with van der Waals surface area (Å²) in [6.07, 6.45) is 5.26. The maximum Gasteiger partial charge on any atom is 0.195 e. The molecule has 3 aromatic heterocycles. The van der Waals surface area contributed by atoms with Gasteiger partial charge in [0.15, 0.2) is 5.78 Å². The first-order chi connectivity index (χ1) is 18.5. The summed E-state index contributed by atoms with van der Waals surface area (Å²) in [5, 5.41) is 10.1. The molecule has 3 aromatic carbocycles. The summed E-state index contributed by atoms with van der Waals surface area (Å²) < 4.78 is 17.3. The Kier molecular flexibility index (Phi) is 5.78. The van der Waals surface area contributed by atoms with Crippen LogP contribution in [-0.2, 0) is 13.1 Å². The SMILES string of the molecule is Cc1nc2cnccc2n1Cc1ccc(C(=O)c2cn(CC#N)c3cc(-c4ccc(F)cc4)ccc23)cc1. The van der Waals surface area contributed by atoms with Crippen LogP contribution in [0.5, 0.6) is 0 Å². The molecule has 0 unspecified atom stereocenters. The normalized spacial score (nSPS) is 11.2. The average Bonchev–Trinajstić information content (AvgIpc) is 3.46. The summed E-state index contributed by atoms with van der Waals surface area (Å²) in [6, 6.07) is 23.7. The lowest BCUT2D eigenvalue weighted by Gasteiger charge is -2.08. The number of hydrogen-bond acceptors (Lipinski definition) is 4. The first-order valence-electron chi connectivity index (χ1n) is 12.2. The number of fused-ring (bicyclic) bond motifs is 2. The van der Waals surface area contributed by atoms with Crippen molar-refractivity contribution in [1.82, 2.24) is 19.1 Å². The van der Waals surface area contributed by atoms with Gasteiger partial charge in [-0.2, -0.15) is 5.26 Å². The van der Waals surface area contributed by atoms with Crippen molar-refractivity contribution in [2.24, 2.45) is 0 Å². The molecule has 0 atom stereocenters. The first-order valence-corrected chi connectivity index (χ1v) is 12.2. The van der Waals surface area contributed by atoms with Gasteiger partial charge in [-0.05, 0) is 47.9 Å². The van der Waals surface area contributed by atoms with Crippen molar-refractivity contribution in [1.29, 1.82) is 5.26 Å². The quantitative estimate of drug-likeness (QED) is 0.252. The number of pyridine rings is 1. The first kappa shape index (κ1) is 23.3. The number of nitrogens with zero attached hydrogens (tertiary/aromatic N) is 5. The fourth-order valence-corrected chi connectivity index (χ4v) is 4.90. The summed E-state index contributed by atoms with van der Waals surface area (Å²) in [5.74, 6) is 0.494. The van der Waals surface area contributed by atoms with Gasteiger partial charge in [0.05, 0.1) is 23.3 Å². The third kappa shape index (κ3) is 4.12. The molecule has 6 aromatic rings. The number of aryl methyl sites for hydroxylation is 1. The fraction of sp³-hybridized carbons (Fsp3) is 0.0968. The van der Waals surface area contributed by atoms with Crippen LogP contribution in [-0.4, -0.2) is 24.9 Å². The third-order valence-electron chi connectivity index (χ3n) is 6.84. The molecule has 0 saturated carbocycles. The summed E-state index contributed by atoms with van der Waals surface area (Å²) in [6.45, 7) is 2.72. The van der Waals surface area contributed by atoms with Gasteiger partial charge in [0, 0.05) is 35.5 Å². The number of carbonyl (C=O) groups is 1. The summed E-state index contributed by atoms with van der Waals surface area (Å²) in [5.41, 5.74) is 6.56. The second kappa shape index (κ2) is 9.41. The van der Waals surface area contributed by atoms with Gasteiger partial charge in [-0.15, -0.1) is 0 Å². The van der Waals surface area contributed by atoms with Crippen LogP contribution in [0.4, 0.5) is 4.39 Å². The smallest absolute Gasteiger partial charge is 0.195 e. The van der Waals surface area contributed by atoms with Crippen molar-refractivity contribution in [3.8, 4) is 17.2 Å². The van der Waals surface area contributed by atoms with Crippen LogP contribution >= 0.6 is 0 Å². The van der Waals surface area contributed by atoms with Gasteiger partial charge in [-0.25, -0.2) is 9.37 Å². The number of halogens is 1. The number of benzene rings is 3. The lowest BCUT2D eigenvalue weighted by Crippen LogP contribution is -2.04. The molecule has 38 heavy (non-hydrogen) atoms. The monoisotopic (exact) mass is 499 g/mol. The van der Waals surface area contributed by atoms with Crippen LogP contribution in [0, 0.1) is 24.1 Å². The van der Waals surface area contributed by atoms with Gasteiger partial charge in [0.25, 0.3) is 0 Å². The Morgan fingerprint density at radius 3 is 2.50 bits per heavy atom. The number of ketones is 1. The number of hydrogen-bond donors (Lipinski definition) is 0. The molecule has 0 radical (unpaired) electrons. The Balaban J connectivity index is 1.32. The minimum absolute atomic E-state index is 0.108. The molecule has 0 aliphatic rings. The molecule has 0 aliphatic carbocycles. The second-order valence-electron chi connectivity index (χ2n) is 9.20. The van der Waals surface area contributed by atoms with E-state index in [1.54, 1.807) is 35.3 Å². The topological polar surface area (TPSA) is 76.5 Å². The molecule has 0 saturated heterocycles. The molecule has 6 rings (SSSR count). The van der Waals surface area contributed by atoms with E-state index in [4.69, 9.17) is 0 Å². The Bertz CT molecular complexity index is 1860. The van der Waals surface area contributed by atoms with Crippen molar-refractivity contribution in [2.45, 2.75) is 20.0 Å². The molecule has 0 amide bonds. The van der Waals surface area contributed by atoms with E-state index in [2.05, 4.69) is 20.6 Å². The zero-order chi connectivity index (χ0) is 26.2. The minimum atomic E-state index is -0.299. The minimum Gasteiger partial charge on any atom is -0.333 e. The summed E-state index contributed by atoms with van der Waals surface area (Å²) in [7, 11) is 0. The van der Waals surface area contributed by atoms with Crippen molar-refractivity contribution >= 4 is 27.7 Å². The Morgan fingerprint density at radius 2 is 1.74 bits per heavy atom. The van der Waals surface area contributed by atoms with Gasteiger partial charge >= 0.3 is 0 Å². The molecular weight excluding hydrogens is 477 g/mol. The van der Waals surface area contributed by atoms with Crippen LogP contribution in [0.3, 0.4) is 0 Å². The van der Waals surface area contributed by atoms with Crippen LogP contribution in [0.25, 0.3) is 33.1 Å². The summed E-state index contributed by atoms with van der Waals surface area (Å²) in [4.78, 5) is 22.3.